The van der Waals surface area contributed by atoms with E-state index in [1.54, 1.807) is 6.07 Å². The van der Waals surface area contributed by atoms with Gasteiger partial charge in [-0.15, -0.1) is 0 Å². The Bertz CT molecular complexity index is 731. The molecule has 1 aromatic carbocycles. The molecule has 0 saturated carbocycles. The fourth-order valence-electron chi connectivity index (χ4n) is 2.81. The summed E-state index contributed by atoms with van der Waals surface area (Å²) in [5, 5.41) is 20.1. The van der Waals surface area contributed by atoms with Gasteiger partial charge in [-0.2, -0.15) is 0 Å². The SMILES string of the molecule is Cc1ccc(C(C2=C(O)COC2=O)C2=C(O)COC2=O)cc1C. The van der Waals surface area contributed by atoms with E-state index in [4.69, 9.17) is 9.47 Å². The molecule has 0 amide bonds. The summed E-state index contributed by atoms with van der Waals surface area (Å²) in [6.45, 7) is 3.37. The van der Waals surface area contributed by atoms with Crippen molar-refractivity contribution >= 4 is 11.9 Å². The van der Waals surface area contributed by atoms with E-state index in [1.807, 2.05) is 26.0 Å². The van der Waals surface area contributed by atoms with E-state index in [1.165, 1.54) is 0 Å². The van der Waals surface area contributed by atoms with Crippen LogP contribution in [0.5, 0.6) is 0 Å². The summed E-state index contributed by atoms with van der Waals surface area (Å²) in [7, 11) is 0. The van der Waals surface area contributed by atoms with Crippen molar-refractivity contribution in [2.45, 2.75) is 19.8 Å². The van der Waals surface area contributed by atoms with Gasteiger partial charge in [0.05, 0.1) is 17.1 Å². The highest BCUT2D eigenvalue weighted by molar-refractivity contribution is 6.00. The number of aliphatic hydroxyl groups is 2. The molecular weight excluding hydrogens is 300 g/mol. The standard InChI is InChI=1S/C17H16O6/c1-8-3-4-10(5-9(8)2)13(14-11(18)6-22-16(14)20)15-12(19)7-23-17(15)21/h3-5,13,18-19H,6-7H2,1-2H3. The average molecular weight is 316 g/mol. The molecule has 0 fully saturated rings. The van der Waals surface area contributed by atoms with E-state index >= 15 is 0 Å². The normalized spacial score (nSPS) is 18.0. The number of esters is 2. The highest BCUT2D eigenvalue weighted by Gasteiger charge is 2.41. The van der Waals surface area contributed by atoms with Crippen LogP contribution in [-0.4, -0.2) is 35.4 Å². The minimum absolute atomic E-state index is 0.0337. The van der Waals surface area contributed by atoms with E-state index in [2.05, 4.69) is 0 Å². The molecule has 2 N–H and O–H groups in total. The van der Waals surface area contributed by atoms with E-state index in [0.29, 0.717) is 5.56 Å². The van der Waals surface area contributed by atoms with Gasteiger partial charge in [-0.3, -0.25) is 0 Å². The summed E-state index contributed by atoms with van der Waals surface area (Å²) in [4.78, 5) is 24.0. The fraction of sp³-hybridized carbons (Fsp3) is 0.294. The lowest BCUT2D eigenvalue weighted by Gasteiger charge is -2.18. The fourth-order valence-corrected chi connectivity index (χ4v) is 2.81. The van der Waals surface area contributed by atoms with E-state index in [9.17, 15) is 19.8 Å². The second-order valence-corrected chi connectivity index (χ2v) is 5.65. The first-order valence-electron chi connectivity index (χ1n) is 7.15. The van der Waals surface area contributed by atoms with Crippen LogP contribution in [0.2, 0.25) is 0 Å². The second-order valence-electron chi connectivity index (χ2n) is 5.65. The van der Waals surface area contributed by atoms with Crippen LogP contribution >= 0.6 is 0 Å². The lowest BCUT2D eigenvalue weighted by atomic mass is 9.83. The van der Waals surface area contributed by atoms with Crippen LogP contribution < -0.4 is 0 Å². The van der Waals surface area contributed by atoms with Crippen LogP contribution in [0, 0.1) is 13.8 Å². The van der Waals surface area contributed by atoms with Crippen molar-refractivity contribution in [2.75, 3.05) is 13.2 Å². The maximum atomic E-state index is 12.0. The van der Waals surface area contributed by atoms with Crippen molar-refractivity contribution in [3.05, 3.63) is 57.6 Å². The molecular formula is C17H16O6. The summed E-state index contributed by atoms with van der Waals surface area (Å²) >= 11 is 0. The first kappa shape index (κ1) is 15.1. The van der Waals surface area contributed by atoms with E-state index in [0.717, 1.165) is 11.1 Å². The quantitative estimate of drug-likeness (QED) is 0.830. The van der Waals surface area contributed by atoms with Gasteiger partial charge in [0, 0.05) is 0 Å². The summed E-state index contributed by atoms with van der Waals surface area (Å²) in [6, 6.07) is 5.43. The molecule has 23 heavy (non-hydrogen) atoms. The number of carbonyl (C=O) groups is 2. The Hall–Kier alpha value is -2.76. The Morgan fingerprint density at radius 2 is 1.43 bits per heavy atom. The molecule has 0 saturated heterocycles. The van der Waals surface area contributed by atoms with Gasteiger partial charge >= 0.3 is 11.9 Å². The van der Waals surface area contributed by atoms with Crippen LogP contribution in [0.1, 0.15) is 22.6 Å². The Labute approximate surface area is 132 Å². The molecule has 0 atom stereocenters. The molecule has 6 nitrogen and oxygen atoms in total. The maximum Gasteiger partial charge on any atom is 0.338 e. The molecule has 6 heteroatoms. The lowest BCUT2D eigenvalue weighted by molar-refractivity contribution is -0.136. The molecule has 0 unspecified atom stereocenters. The number of ether oxygens (including phenoxy) is 2. The lowest BCUT2D eigenvalue weighted by Crippen LogP contribution is -2.17. The molecule has 1 aromatic rings. The Kier molecular flexibility index (Phi) is 3.60. The summed E-state index contributed by atoms with van der Waals surface area (Å²) in [5.74, 6) is -2.80. The molecule has 0 bridgehead atoms. The number of hydrogen-bond acceptors (Lipinski definition) is 6. The van der Waals surface area contributed by atoms with Gasteiger partial charge in [-0.25, -0.2) is 9.59 Å². The number of carbonyl (C=O) groups excluding carboxylic acids is 2. The number of aliphatic hydroxyl groups excluding tert-OH is 2. The topological polar surface area (TPSA) is 93.1 Å². The second kappa shape index (κ2) is 5.46. The highest BCUT2D eigenvalue weighted by Crippen LogP contribution is 2.40. The first-order chi connectivity index (χ1) is 10.9. The number of hydrogen-bond donors (Lipinski definition) is 2. The largest absolute Gasteiger partial charge is 0.508 e. The monoisotopic (exact) mass is 316 g/mol. The molecule has 0 aromatic heterocycles. The Morgan fingerprint density at radius 3 is 1.83 bits per heavy atom. The van der Waals surface area contributed by atoms with Crippen molar-refractivity contribution in [3.63, 3.8) is 0 Å². The third kappa shape index (κ3) is 2.46. The van der Waals surface area contributed by atoms with Crippen molar-refractivity contribution in [3.8, 4) is 0 Å². The molecule has 2 heterocycles. The number of aryl methyl sites for hydroxylation is 2. The predicted molar refractivity (Wildman–Crippen MR) is 79.9 cm³/mol. The van der Waals surface area contributed by atoms with Crippen LogP contribution in [0.25, 0.3) is 0 Å². The molecule has 2 aliphatic heterocycles. The third-order valence-corrected chi connectivity index (χ3v) is 4.18. The first-order valence-corrected chi connectivity index (χ1v) is 7.15. The van der Waals surface area contributed by atoms with Gasteiger partial charge in [0.2, 0.25) is 0 Å². The van der Waals surface area contributed by atoms with Gasteiger partial charge in [0.15, 0.2) is 0 Å². The van der Waals surface area contributed by atoms with Crippen molar-refractivity contribution in [2.24, 2.45) is 0 Å². The summed E-state index contributed by atoms with van der Waals surface area (Å²) < 4.78 is 9.69. The zero-order chi connectivity index (χ0) is 16.7. The van der Waals surface area contributed by atoms with E-state index < -0.39 is 17.9 Å². The third-order valence-electron chi connectivity index (χ3n) is 4.18. The molecule has 120 valence electrons. The zero-order valence-electron chi connectivity index (χ0n) is 12.8. The highest BCUT2D eigenvalue weighted by atomic mass is 16.6. The van der Waals surface area contributed by atoms with E-state index in [-0.39, 0.29) is 35.9 Å². The van der Waals surface area contributed by atoms with Crippen LogP contribution in [0.15, 0.2) is 40.9 Å². The van der Waals surface area contributed by atoms with Crippen LogP contribution in [-0.2, 0) is 19.1 Å². The van der Waals surface area contributed by atoms with Gasteiger partial charge < -0.3 is 19.7 Å². The van der Waals surface area contributed by atoms with Crippen molar-refractivity contribution in [1.29, 1.82) is 0 Å². The Morgan fingerprint density at radius 1 is 0.913 bits per heavy atom. The minimum atomic E-state index is -0.917. The minimum Gasteiger partial charge on any atom is -0.508 e. The molecule has 0 radical (unpaired) electrons. The summed E-state index contributed by atoms with van der Waals surface area (Å²) in [5.41, 5.74) is 2.55. The average Bonchev–Trinajstić information content (AvgIpc) is 3.01. The summed E-state index contributed by atoms with van der Waals surface area (Å²) in [6.07, 6.45) is 0. The van der Waals surface area contributed by atoms with Gasteiger partial charge in [0.25, 0.3) is 0 Å². The van der Waals surface area contributed by atoms with Gasteiger partial charge in [-0.1, -0.05) is 18.2 Å². The maximum absolute atomic E-state index is 12.0. The zero-order valence-corrected chi connectivity index (χ0v) is 12.8. The number of benzene rings is 1. The van der Waals surface area contributed by atoms with Crippen molar-refractivity contribution < 1.29 is 29.3 Å². The van der Waals surface area contributed by atoms with Crippen LogP contribution in [0.4, 0.5) is 0 Å². The predicted octanol–water partition coefficient (Wildman–Crippen LogP) is 2.12. The molecule has 0 aliphatic carbocycles. The molecule has 3 rings (SSSR count). The van der Waals surface area contributed by atoms with Gasteiger partial charge in [-0.05, 0) is 30.5 Å². The van der Waals surface area contributed by atoms with Gasteiger partial charge in [0.1, 0.15) is 24.7 Å². The van der Waals surface area contributed by atoms with Crippen molar-refractivity contribution in [1.82, 2.24) is 0 Å². The smallest absolute Gasteiger partial charge is 0.338 e. The Balaban J connectivity index is 2.21. The molecule has 0 spiro atoms. The number of rotatable bonds is 3. The van der Waals surface area contributed by atoms with Crippen LogP contribution in [0.3, 0.4) is 0 Å². The number of cyclic esters (lactones) is 2. The molecule has 2 aliphatic rings.